The van der Waals surface area contributed by atoms with Gasteiger partial charge in [-0.25, -0.2) is 0 Å². The molecule has 0 aliphatic carbocycles. The molecule has 3 heteroatoms. The van der Waals surface area contributed by atoms with Crippen LogP contribution in [-0.4, -0.2) is 4.57 Å². The number of aromatic nitrogens is 1. The van der Waals surface area contributed by atoms with Crippen LogP contribution in [0.3, 0.4) is 0 Å². The molecule has 3 nitrogen and oxygen atoms in total. The molecule has 0 aliphatic heterocycles. The van der Waals surface area contributed by atoms with Crippen LogP contribution < -0.4 is 4.90 Å². The van der Waals surface area contributed by atoms with E-state index in [1.165, 1.54) is 44.1 Å². The number of para-hydroxylation sites is 4. The standard InChI is InChI=1S/C54H36N2O/c1-4-16-37(17-5-1)44-33-32-42(34-48(44)38-18-6-2-7-19-38)55(40-20-8-3-9-21-40)43-35-49(54-50(36-43)47-24-12-15-27-53(47)57-54)39-28-30-41(31-29-39)56-51-25-13-10-22-45(51)46-23-11-14-26-52(46)56/h1-36H. The van der Waals surface area contributed by atoms with Crippen LogP contribution >= 0.6 is 0 Å². The van der Waals surface area contributed by atoms with Crippen molar-refractivity contribution >= 4 is 60.8 Å². The number of anilines is 3. The summed E-state index contributed by atoms with van der Waals surface area (Å²) in [5.41, 5.74) is 15.3. The number of fused-ring (bicyclic) bond motifs is 6. The van der Waals surface area contributed by atoms with E-state index in [4.69, 9.17) is 4.42 Å². The van der Waals surface area contributed by atoms with E-state index >= 15 is 0 Å². The van der Waals surface area contributed by atoms with Crippen molar-refractivity contribution < 1.29 is 4.42 Å². The van der Waals surface area contributed by atoms with E-state index in [1.54, 1.807) is 0 Å². The van der Waals surface area contributed by atoms with E-state index in [-0.39, 0.29) is 0 Å². The van der Waals surface area contributed by atoms with Gasteiger partial charge in [-0.3, -0.25) is 0 Å². The van der Waals surface area contributed by atoms with Crippen LogP contribution in [0.15, 0.2) is 223 Å². The Balaban J connectivity index is 1.12. The molecule has 0 spiro atoms. The van der Waals surface area contributed by atoms with Crippen LogP contribution in [-0.2, 0) is 0 Å². The molecule has 2 aromatic heterocycles. The van der Waals surface area contributed by atoms with E-state index in [9.17, 15) is 0 Å². The third-order valence-electron chi connectivity index (χ3n) is 11.2. The van der Waals surface area contributed by atoms with Gasteiger partial charge < -0.3 is 13.9 Å². The van der Waals surface area contributed by atoms with Gasteiger partial charge in [0.1, 0.15) is 11.2 Å². The first-order valence-electron chi connectivity index (χ1n) is 19.4. The fraction of sp³-hybridized carbons (Fsp3) is 0. The SMILES string of the molecule is c1ccc(-c2ccc(N(c3ccccc3)c3cc(-c4ccc(-n5c6ccccc6c6ccccc65)cc4)c4oc5ccccc5c4c3)cc2-c2ccccc2)cc1. The number of nitrogens with zero attached hydrogens (tertiary/aromatic N) is 2. The normalized spacial score (nSPS) is 11.5. The zero-order valence-corrected chi connectivity index (χ0v) is 31.1. The topological polar surface area (TPSA) is 21.3 Å². The predicted molar refractivity (Wildman–Crippen MR) is 239 cm³/mol. The molecule has 268 valence electrons. The maximum Gasteiger partial charge on any atom is 0.143 e. The minimum absolute atomic E-state index is 0.873. The Kier molecular flexibility index (Phi) is 7.82. The summed E-state index contributed by atoms with van der Waals surface area (Å²) in [4.78, 5) is 2.37. The molecule has 57 heavy (non-hydrogen) atoms. The van der Waals surface area contributed by atoms with E-state index in [0.29, 0.717) is 0 Å². The average Bonchev–Trinajstić information content (AvgIpc) is 3.83. The Labute approximate surface area is 330 Å². The molecule has 2 heterocycles. The van der Waals surface area contributed by atoms with Crippen molar-refractivity contribution in [1.82, 2.24) is 4.57 Å². The Hall–Kier alpha value is -7.62. The fourth-order valence-electron chi connectivity index (χ4n) is 8.57. The molecule has 0 N–H and O–H groups in total. The van der Waals surface area contributed by atoms with Crippen LogP contribution in [0.2, 0.25) is 0 Å². The third kappa shape index (κ3) is 5.60. The zero-order valence-electron chi connectivity index (χ0n) is 31.1. The highest BCUT2D eigenvalue weighted by molar-refractivity contribution is 6.12. The monoisotopic (exact) mass is 728 g/mol. The lowest BCUT2D eigenvalue weighted by Crippen LogP contribution is -2.10. The van der Waals surface area contributed by atoms with E-state index in [1.807, 2.05) is 6.07 Å². The highest BCUT2D eigenvalue weighted by Gasteiger charge is 2.21. The van der Waals surface area contributed by atoms with Crippen molar-refractivity contribution in [2.24, 2.45) is 0 Å². The second-order valence-electron chi connectivity index (χ2n) is 14.5. The maximum atomic E-state index is 6.72. The minimum Gasteiger partial charge on any atom is -0.455 e. The molecule has 0 unspecified atom stereocenters. The second-order valence-corrected chi connectivity index (χ2v) is 14.5. The molecular formula is C54H36N2O. The first-order chi connectivity index (χ1) is 28.3. The maximum absolute atomic E-state index is 6.72. The van der Waals surface area contributed by atoms with Crippen molar-refractivity contribution in [2.75, 3.05) is 4.90 Å². The first-order valence-corrected chi connectivity index (χ1v) is 19.4. The fourth-order valence-corrected chi connectivity index (χ4v) is 8.57. The Morgan fingerprint density at radius 3 is 1.53 bits per heavy atom. The summed E-state index contributed by atoms with van der Waals surface area (Å²) in [6, 6.07) is 78.1. The molecule has 0 saturated heterocycles. The van der Waals surface area contributed by atoms with Crippen LogP contribution in [0.4, 0.5) is 17.1 Å². The zero-order chi connectivity index (χ0) is 37.7. The summed E-state index contributed by atoms with van der Waals surface area (Å²) in [5.74, 6) is 0. The lowest BCUT2D eigenvalue weighted by atomic mass is 9.93. The first kappa shape index (κ1) is 32.8. The van der Waals surface area contributed by atoms with Gasteiger partial charge in [0.2, 0.25) is 0 Å². The van der Waals surface area contributed by atoms with Gasteiger partial charge in [0, 0.05) is 49.9 Å². The van der Waals surface area contributed by atoms with Crippen molar-refractivity contribution in [1.29, 1.82) is 0 Å². The number of hydrogen-bond acceptors (Lipinski definition) is 2. The molecule has 9 aromatic carbocycles. The van der Waals surface area contributed by atoms with E-state index in [0.717, 1.165) is 55.8 Å². The van der Waals surface area contributed by atoms with Gasteiger partial charge in [-0.05, 0) is 94.5 Å². The summed E-state index contributed by atoms with van der Waals surface area (Å²) in [6.07, 6.45) is 0. The van der Waals surface area contributed by atoms with Gasteiger partial charge in [0.15, 0.2) is 0 Å². The van der Waals surface area contributed by atoms with Gasteiger partial charge in [0.25, 0.3) is 0 Å². The van der Waals surface area contributed by atoms with E-state index < -0.39 is 0 Å². The smallest absolute Gasteiger partial charge is 0.143 e. The lowest BCUT2D eigenvalue weighted by Gasteiger charge is -2.27. The number of furan rings is 1. The van der Waals surface area contributed by atoms with Crippen molar-refractivity contribution in [3.63, 3.8) is 0 Å². The summed E-state index contributed by atoms with van der Waals surface area (Å²) in [7, 11) is 0. The average molecular weight is 729 g/mol. The number of rotatable bonds is 7. The van der Waals surface area contributed by atoms with Gasteiger partial charge in [-0.1, -0.05) is 152 Å². The molecule has 11 aromatic rings. The molecule has 0 aliphatic rings. The minimum atomic E-state index is 0.873. The molecule has 0 fully saturated rings. The molecule has 0 saturated carbocycles. The summed E-state index contributed by atoms with van der Waals surface area (Å²) in [5, 5.41) is 4.67. The molecule has 0 atom stereocenters. The van der Waals surface area contributed by atoms with Gasteiger partial charge in [-0.2, -0.15) is 0 Å². The van der Waals surface area contributed by atoms with Crippen LogP contribution in [0.5, 0.6) is 0 Å². The molecule has 0 radical (unpaired) electrons. The van der Waals surface area contributed by atoms with Crippen LogP contribution in [0.1, 0.15) is 0 Å². The van der Waals surface area contributed by atoms with Gasteiger partial charge in [0.05, 0.1) is 11.0 Å². The highest BCUT2D eigenvalue weighted by atomic mass is 16.3. The summed E-state index contributed by atoms with van der Waals surface area (Å²) < 4.78 is 9.08. The number of hydrogen-bond donors (Lipinski definition) is 0. The van der Waals surface area contributed by atoms with E-state index in [2.05, 4.69) is 222 Å². The van der Waals surface area contributed by atoms with Crippen molar-refractivity contribution in [2.45, 2.75) is 0 Å². The molecular weight excluding hydrogens is 693 g/mol. The number of benzene rings is 9. The van der Waals surface area contributed by atoms with Gasteiger partial charge >= 0.3 is 0 Å². The molecule has 11 rings (SSSR count). The second kappa shape index (κ2) is 13.6. The van der Waals surface area contributed by atoms with Crippen molar-refractivity contribution in [3.05, 3.63) is 218 Å². The largest absolute Gasteiger partial charge is 0.455 e. The highest BCUT2D eigenvalue weighted by Crippen LogP contribution is 2.45. The molecule has 0 bridgehead atoms. The Morgan fingerprint density at radius 1 is 0.333 bits per heavy atom. The quantitative estimate of drug-likeness (QED) is 0.163. The van der Waals surface area contributed by atoms with Crippen LogP contribution in [0, 0.1) is 0 Å². The molecule has 0 amide bonds. The summed E-state index contributed by atoms with van der Waals surface area (Å²) >= 11 is 0. The Morgan fingerprint density at radius 2 is 0.860 bits per heavy atom. The summed E-state index contributed by atoms with van der Waals surface area (Å²) in [6.45, 7) is 0. The lowest BCUT2D eigenvalue weighted by molar-refractivity contribution is 0.670. The van der Waals surface area contributed by atoms with Gasteiger partial charge in [-0.15, -0.1) is 0 Å². The van der Waals surface area contributed by atoms with Crippen LogP contribution in [0.25, 0.3) is 82.8 Å². The third-order valence-corrected chi connectivity index (χ3v) is 11.2. The predicted octanol–water partition coefficient (Wildman–Crippen LogP) is 15.2. The van der Waals surface area contributed by atoms with Crippen molar-refractivity contribution in [3.8, 4) is 39.1 Å². The Bertz CT molecular complexity index is 3160.